The van der Waals surface area contributed by atoms with Crippen molar-refractivity contribution >= 4 is 5.91 Å². The molecule has 6 rings (SSSR count). The highest BCUT2D eigenvalue weighted by Gasteiger charge is 2.51. The fourth-order valence-electron chi connectivity index (χ4n) is 6.03. The van der Waals surface area contributed by atoms with Crippen molar-refractivity contribution < 1.29 is 13.7 Å². The van der Waals surface area contributed by atoms with E-state index in [2.05, 4.69) is 10.5 Å². The molecule has 2 heterocycles. The number of furan rings is 1. The first kappa shape index (κ1) is 15.2. The van der Waals surface area contributed by atoms with Gasteiger partial charge >= 0.3 is 0 Å². The zero-order chi connectivity index (χ0) is 16.9. The summed E-state index contributed by atoms with van der Waals surface area (Å²) in [5.74, 6) is 4.04. The number of hydrogen-bond donors (Lipinski definition) is 1. The Morgan fingerprint density at radius 1 is 1.16 bits per heavy atom. The molecule has 2 aromatic rings. The number of nitrogens with zero attached hydrogens (tertiary/aromatic N) is 1. The minimum atomic E-state index is 0.157. The number of amides is 1. The maximum Gasteiger partial charge on any atom is 0.220 e. The second-order valence-electron chi connectivity index (χ2n) is 8.53. The molecule has 4 bridgehead atoms. The molecular weight excluding hydrogens is 316 g/mol. The third kappa shape index (κ3) is 2.90. The molecule has 4 aliphatic rings. The first-order valence-corrected chi connectivity index (χ1v) is 9.44. The summed E-state index contributed by atoms with van der Waals surface area (Å²) in [7, 11) is 0. The molecule has 2 aromatic heterocycles. The van der Waals surface area contributed by atoms with Gasteiger partial charge in [0.05, 0.1) is 12.8 Å². The molecule has 4 saturated carbocycles. The van der Waals surface area contributed by atoms with Gasteiger partial charge in [0.1, 0.15) is 5.69 Å². The number of aromatic nitrogens is 1. The van der Waals surface area contributed by atoms with Gasteiger partial charge in [0.15, 0.2) is 5.76 Å². The van der Waals surface area contributed by atoms with E-state index in [1.165, 1.54) is 38.5 Å². The van der Waals surface area contributed by atoms with Crippen LogP contribution in [0.25, 0.3) is 11.5 Å². The molecule has 5 heteroatoms. The second kappa shape index (κ2) is 5.75. The third-order valence-corrected chi connectivity index (χ3v) is 6.49. The molecule has 0 atom stereocenters. The molecule has 0 aliphatic heterocycles. The Bertz CT molecular complexity index is 726. The number of carbonyl (C=O) groups is 1. The summed E-state index contributed by atoms with van der Waals surface area (Å²) in [6.07, 6.45) is 10.3. The SMILES string of the molecule is O=C(CC12CC3CC(CC(C3)C1)C2)NCc1cc(-c2ccco2)on1. The first-order chi connectivity index (χ1) is 12.2. The number of hydrogen-bond acceptors (Lipinski definition) is 4. The first-order valence-electron chi connectivity index (χ1n) is 9.44. The summed E-state index contributed by atoms with van der Waals surface area (Å²) in [5.41, 5.74) is 1.01. The lowest BCUT2D eigenvalue weighted by atomic mass is 9.49. The fraction of sp³-hybridized carbons (Fsp3) is 0.600. The lowest BCUT2D eigenvalue weighted by molar-refractivity contribution is -0.129. The van der Waals surface area contributed by atoms with Crippen molar-refractivity contribution in [3.8, 4) is 11.5 Å². The van der Waals surface area contributed by atoms with Gasteiger partial charge in [-0.2, -0.15) is 0 Å². The van der Waals surface area contributed by atoms with Crippen LogP contribution in [0.4, 0.5) is 0 Å². The topological polar surface area (TPSA) is 68.3 Å². The van der Waals surface area contributed by atoms with E-state index in [0.29, 0.717) is 24.5 Å². The van der Waals surface area contributed by atoms with Gasteiger partial charge in [0.2, 0.25) is 11.7 Å². The summed E-state index contributed by atoms with van der Waals surface area (Å²) >= 11 is 0. The predicted molar refractivity (Wildman–Crippen MR) is 91.3 cm³/mol. The Morgan fingerprint density at radius 2 is 1.88 bits per heavy atom. The lowest BCUT2D eigenvalue weighted by Gasteiger charge is -2.56. The van der Waals surface area contributed by atoms with Gasteiger partial charge < -0.3 is 14.3 Å². The van der Waals surface area contributed by atoms with Gasteiger partial charge in [0.25, 0.3) is 0 Å². The van der Waals surface area contributed by atoms with Gasteiger partial charge in [-0.3, -0.25) is 4.79 Å². The highest BCUT2D eigenvalue weighted by molar-refractivity contribution is 5.76. The Hall–Kier alpha value is -2.04. The van der Waals surface area contributed by atoms with Crippen LogP contribution in [0.5, 0.6) is 0 Å². The Labute approximate surface area is 147 Å². The molecule has 25 heavy (non-hydrogen) atoms. The largest absolute Gasteiger partial charge is 0.461 e. The van der Waals surface area contributed by atoms with Crippen LogP contribution in [-0.4, -0.2) is 11.1 Å². The molecule has 0 unspecified atom stereocenters. The van der Waals surface area contributed by atoms with Gasteiger partial charge in [-0.05, 0) is 73.8 Å². The summed E-state index contributed by atoms with van der Waals surface area (Å²) < 4.78 is 10.6. The zero-order valence-electron chi connectivity index (χ0n) is 14.4. The molecule has 0 spiro atoms. The molecule has 4 aliphatic carbocycles. The normalized spacial score (nSPS) is 32.9. The lowest BCUT2D eigenvalue weighted by Crippen LogP contribution is -2.47. The Kier molecular flexibility index (Phi) is 3.50. The average molecular weight is 340 g/mol. The van der Waals surface area contributed by atoms with E-state index in [0.717, 1.165) is 23.4 Å². The standard InChI is InChI=1S/C20H24N2O3/c23-19(11-20-8-13-4-14(9-20)6-15(5-13)10-20)21-12-16-7-18(25-22-16)17-2-1-3-24-17/h1-3,7,13-15H,4-6,8-12H2,(H,21,23). The number of nitrogens with one attached hydrogen (secondary N) is 1. The van der Waals surface area contributed by atoms with Crippen LogP contribution >= 0.6 is 0 Å². The van der Waals surface area contributed by atoms with E-state index >= 15 is 0 Å². The molecule has 5 nitrogen and oxygen atoms in total. The molecule has 0 saturated heterocycles. The molecule has 1 N–H and O–H groups in total. The van der Waals surface area contributed by atoms with Crippen LogP contribution in [0.15, 0.2) is 33.4 Å². The van der Waals surface area contributed by atoms with Crippen LogP contribution in [0, 0.1) is 23.2 Å². The van der Waals surface area contributed by atoms with E-state index in [4.69, 9.17) is 8.94 Å². The minimum absolute atomic E-state index is 0.157. The Morgan fingerprint density at radius 3 is 2.52 bits per heavy atom. The van der Waals surface area contributed by atoms with Crippen LogP contribution in [0.2, 0.25) is 0 Å². The maximum atomic E-state index is 12.5. The molecule has 0 aromatic carbocycles. The highest BCUT2D eigenvalue weighted by Crippen LogP contribution is 2.61. The summed E-state index contributed by atoms with van der Waals surface area (Å²) in [4.78, 5) is 12.5. The van der Waals surface area contributed by atoms with E-state index < -0.39 is 0 Å². The maximum absolute atomic E-state index is 12.5. The van der Waals surface area contributed by atoms with Crippen LogP contribution in [0.1, 0.15) is 50.6 Å². The molecule has 1 amide bonds. The van der Waals surface area contributed by atoms with Crippen LogP contribution in [0.3, 0.4) is 0 Å². The smallest absolute Gasteiger partial charge is 0.220 e. The van der Waals surface area contributed by atoms with Gasteiger partial charge in [0, 0.05) is 12.5 Å². The summed E-state index contributed by atoms with van der Waals surface area (Å²) in [6.45, 7) is 0.412. The van der Waals surface area contributed by atoms with Crippen LogP contribution in [-0.2, 0) is 11.3 Å². The van der Waals surface area contributed by atoms with E-state index in [-0.39, 0.29) is 11.3 Å². The van der Waals surface area contributed by atoms with Crippen molar-refractivity contribution in [3.05, 3.63) is 30.2 Å². The van der Waals surface area contributed by atoms with Crippen molar-refractivity contribution in [2.24, 2.45) is 23.2 Å². The van der Waals surface area contributed by atoms with Crippen molar-refractivity contribution in [3.63, 3.8) is 0 Å². The van der Waals surface area contributed by atoms with E-state index in [1.807, 2.05) is 18.2 Å². The van der Waals surface area contributed by atoms with Gasteiger partial charge in [-0.15, -0.1) is 0 Å². The minimum Gasteiger partial charge on any atom is -0.461 e. The zero-order valence-corrected chi connectivity index (χ0v) is 14.4. The van der Waals surface area contributed by atoms with Crippen molar-refractivity contribution in [2.45, 2.75) is 51.5 Å². The third-order valence-electron chi connectivity index (χ3n) is 6.49. The second-order valence-corrected chi connectivity index (χ2v) is 8.53. The van der Waals surface area contributed by atoms with Gasteiger partial charge in [-0.1, -0.05) is 5.16 Å². The van der Waals surface area contributed by atoms with E-state index in [9.17, 15) is 4.79 Å². The monoisotopic (exact) mass is 340 g/mol. The number of carbonyl (C=O) groups excluding carboxylic acids is 1. The molecular formula is C20H24N2O3. The Balaban J connectivity index is 1.19. The summed E-state index contributed by atoms with van der Waals surface area (Å²) in [6, 6.07) is 5.46. The van der Waals surface area contributed by atoms with E-state index in [1.54, 1.807) is 6.26 Å². The quantitative estimate of drug-likeness (QED) is 0.887. The van der Waals surface area contributed by atoms with Crippen molar-refractivity contribution in [1.29, 1.82) is 0 Å². The highest BCUT2D eigenvalue weighted by atomic mass is 16.5. The van der Waals surface area contributed by atoms with Crippen LogP contribution < -0.4 is 5.32 Å². The van der Waals surface area contributed by atoms with Gasteiger partial charge in [-0.25, -0.2) is 0 Å². The average Bonchev–Trinajstić information content (AvgIpc) is 3.22. The molecule has 4 fully saturated rings. The van der Waals surface area contributed by atoms with Crippen molar-refractivity contribution in [2.75, 3.05) is 0 Å². The molecule has 0 radical (unpaired) electrons. The molecule has 132 valence electrons. The number of rotatable bonds is 5. The summed E-state index contributed by atoms with van der Waals surface area (Å²) in [5, 5.41) is 7.06. The van der Waals surface area contributed by atoms with Crippen molar-refractivity contribution in [1.82, 2.24) is 10.5 Å². The predicted octanol–water partition coefficient (Wildman–Crippen LogP) is 4.16. The fourth-order valence-corrected chi connectivity index (χ4v) is 6.03.